The number of rotatable bonds is 9. The van der Waals surface area contributed by atoms with E-state index in [0.29, 0.717) is 6.61 Å². The van der Waals surface area contributed by atoms with Crippen LogP contribution in [0.5, 0.6) is 0 Å². The van der Waals surface area contributed by atoms with Gasteiger partial charge in [-0.2, -0.15) is 0 Å². The number of likely N-dealkylation sites (N-methyl/N-ethyl adjacent to an activating group) is 1. The minimum atomic E-state index is -0.776. The molecule has 0 heterocycles. The second-order valence-electron chi connectivity index (χ2n) is 4.08. The largest absolute Gasteiger partial charge is 0.382 e. The number of nitrogens with zero attached hydrogens (tertiary/aromatic N) is 1. The van der Waals surface area contributed by atoms with Crippen LogP contribution in [0, 0.1) is 0 Å². The molecule has 0 radical (unpaired) electrons. The molecule has 0 aromatic carbocycles. The van der Waals surface area contributed by atoms with Crippen LogP contribution in [0.15, 0.2) is 0 Å². The fourth-order valence-corrected chi connectivity index (χ4v) is 1.53. The van der Waals surface area contributed by atoms with Crippen molar-refractivity contribution < 1.29 is 9.53 Å². The van der Waals surface area contributed by atoms with Gasteiger partial charge in [-0.05, 0) is 20.0 Å². The number of ether oxygens (including phenoxy) is 1. The van der Waals surface area contributed by atoms with Gasteiger partial charge < -0.3 is 20.7 Å². The third-order valence-electron chi connectivity index (χ3n) is 2.81. The zero-order valence-corrected chi connectivity index (χ0v) is 10.9. The van der Waals surface area contributed by atoms with E-state index in [1.165, 1.54) is 0 Å². The predicted molar refractivity (Wildman–Crippen MR) is 65.3 cm³/mol. The van der Waals surface area contributed by atoms with Gasteiger partial charge in [0.1, 0.15) is 5.54 Å². The predicted octanol–water partition coefficient (Wildman–Crippen LogP) is -0.192. The first kappa shape index (κ1) is 15.3. The summed E-state index contributed by atoms with van der Waals surface area (Å²) in [6, 6.07) is 0. The molecule has 0 saturated carbocycles. The van der Waals surface area contributed by atoms with Crippen molar-refractivity contribution in [2.45, 2.75) is 26.3 Å². The molecular weight excluding hydrogens is 206 g/mol. The second kappa shape index (κ2) is 7.60. The number of nitrogens with two attached hydrogens (primary N) is 1. The Hall–Kier alpha value is -0.650. The van der Waals surface area contributed by atoms with E-state index in [0.717, 1.165) is 26.2 Å². The van der Waals surface area contributed by atoms with Crippen molar-refractivity contribution in [1.82, 2.24) is 10.2 Å². The van der Waals surface area contributed by atoms with Crippen molar-refractivity contribution in [3.8, 4) is 0 Å². The number of nitrogens with one attached hydrogen (secondary N) is 1. The molecule has 0 aliphatic rings. The van der Waals surface area contributed by atoms with E-state index < -0.39 is 5.54 Å². The van der Waals surface area contributed by atoms with E-state index in [-0.39, 0.29) is 5.91 Å². The SMILES string of the molecule is CCN(CC)CCNC(C)(COC)C(N)=O. The highest BCUT2D eigenvalue weighted by Crippen LogP contribution is 2.02. The molecule has 0 aliphatic carbocycles. The van der Waals surface area contributed by atoms with E-state index in [1.54, 1.807) is 14.0 Å². The van der Waals surface area contributed by atoms with Crippen LogP contribution in [0.25, 0.3) is 0 Å². The fraction of sp³-hybridized carbons (Fsp3) is 0.909. The van der Waals surface area contributed by atoms with Gasteiger partial charge in [-0.1, -0.05) is 13.8 Å². The summed E-state index contributed by atoms with van der Waals surface area (Å²) < 4.78 is 5.00. The van der Waals surface area contributed by atoms with Crippen molar-refractivity contribution in [2.75, 3.05) is 39.9 Å². The van der Waals surface area contributed by atoms with Gasteiger partial charge in [0.2, 0.25) is 5.91 Å². The normalized spacial score (nSPS) is 15.1. The van der Waals surface area contributed by atoms with E-state index in [1.807, 2.05) is 0 Å². The van der Waals surface area contributed by atoms with Crippen LogP contribution in [0.3, 0.4) is 0 Å². The second-order valence-corrected chi connectivity index (χ2v) is 4.08. The van der Waals surface area contributed by atoms with Gasteiger partial charge in [0.25, 0.3) is 0 Å². The summed E-state index contributed by atoms with van der Waals surface area (Å²) in [4.78, 5) is 13.6. The standard InChI is InChI=1S/C11H25N3O2/c1-5-14(6-2)8-7-13-11(3,9-16-4)10(12)15/h13H,5-9H2,1-4H3,(H2,12,15). The van der Waals surface area contributed by atoms with Gasteiger partial charge in [-0.3, -0.25) is 4.79 Å². The summed E-state index contributed by atoms with van der Waals surface area (Å²) in [5.74, 6) is -0.381. The van der Waals surface area contributed by atoms with Crippen LogP contribution in [0.1, 0.15) is 20.8 Å². The molecule has 0 aromatic rings. The number of carbonyl (C=O) groups is 1. The maximum Gasteiger partial charge on any atom is 0.239 e. The van der Waals surface area contributed by atoms with Crippen molar-refractivity contribution in [1.29, 1.82) is 0 Å². The van der Waals surface area contributed by atoms with Crippen LogP contribution >= 0.6 is 0 Å². The molecule has 16 heavy (non-hydrogen) atoms. The summed E-state index contributed by atoms with van der Waals surface area (Å²) in [6.07, 6.45) is 0. The maximum absolute atomic E-state index is 11.3. The molecule has 0 aliphatic heterocycles. The number of carbonyl (C=O) groups excluding carboxylic acids is 1. The smallest absolute Gasteiger partial charge is 0.239 e. The van der Waals surface area contributed by atoms with Crippen molar-refractivity contribution in [2.24, 2.45) is 5.73 Å². The molecule has 0 bridgehead atoms. The molecule has 5 nitrogen and oxygen atoms in total. The quantitative estimate of drug-likeness (QED) is 0.577. The Balaban J connectivity index is 4.08. The first-order valence-electron chi connectivity index (χ1n) is 5.76. The summed E-state index contributed by atoms with van der Waals surface area (Å²) in [5.41, 5.74) is 4.57. The molecule has 1 amide bonds. The molecule has 0 spiro atoms. The number of methoxy groups -OCH3 is 1. The highest BCUT2D eigenvalue weighted by molar-refractivity contribution is 5.84. The molecular formula is C11H25N3O2. The highest BCUT2D eigenvalue weighted by Gasteiger charge is 2.30. The van der Waals surface area contributed by atoms with Gasteiger partial charge in [-0.25, -0.2) is 0 Å². The number of primary amides is 1. The summed E-state index contributed by atoms with van der Waals surface area (Å²) in [6.45, 7) is 9.94. The monoisotopic (exact) mass is 231 g/mol. The molecule has 0 rings (SSSR count). The molecule has 1 atom stereocenters. The van der Waals surface area contributed by atoms with E-state index in [4.69, 9.17) is 10.5 Å². The molecule has 5 heteroatoms. The van der Waals surface area contributed by atoms with Crippen molar-refractivity contribution >= 4 is 5.91 Å². The molecule has 3 N–H and O–H groups in total. The lowest BCUT2D eigenvalue weighted by atomic mass is 10.0. The Morgan fingerprint density at radius 3 is 2.38 bits per heavy atom. The van der Waals surface area contributed by atoms with Crippen molar-refractivity contribution in [3.05, 3.63) is 0 Å². The lowest BCUT2D eigenvalue weighted by molar-refractivity contribution is -0.125. The van der Waals surface area contributed by atoms with Gasteiger partial charge in [-0.15, -0.1) is 0 Å². The summed E-state index contributed by atoms with van der Waals surface area (Å²) in [7, 11) is 1.56. The van der Waals surface area contributed by atoms with Gasteiger partial charge in [0, 0.05) is 20.2 Å². The Morgan fingerprint density at radius 1 is 1.44 bits per heavy atom. The lowest BCUT2D eigenvalue weighted by Crippen LogP contribution is -2.57. The number of amides is 1. The first-order chi connectivity index (χ1) is 7.50. The molecule has 0 saturated heterocycles. The minimum absolute atomic E-state index is 0.292. The van der Waals surface area contributed by atoms with Crippen LogP contribution in [-0.4, -0.2) is 56.2 Å². The summed E-state index contributed by atoms with van der Waals surface area (Å²) in [5, 5.41) is 3.15. The van der Waals surface area contributed by atoms with Crippen molar-refractivity contribution in [3.63, 3.8) is 0 Å². The average Bonchev–Trinajstić information content (AvgIpc) is 2.24. The van der Waals surface area contributed by atoms with E-state index in [9.17, 15) is 4.79 Å². The summed E-state index contributed by atoms with van der Waals surface area (Å²) >= 11 is 0. The highest BCUT2D eigenvalue weighted by atomic mass is 16.5. The maximum atomic E-state index is 11.3. The van der Waals surface area contributed by atoms with E-state index in [2.05, 4.69) is 24.1 Å². The van der Waals surface area contributed by atoms with Crippen LogP contribution in [0.4, 0.5) is 0 Å². The average molecular weight is 231 g/mol. The van der Waals surface area contributed by atoms with Gasteiger partial charge in [0.05, 0.1) is 6.61 Å². The third-order valence-corrected chi connectivity index (χ3v) is 2.81. The zero-order valence-electron chi connectivity index (χ0n) is 10.9. The molecule has 0 aromatic heterocycles. The van der Waals surface area contributed by atoms with Crippen LogP contribution in [-0.2, 0) is 9.53 Å². The first-order valence-corrected chi connectivity index (χ1v) is 5.76. The molecule has 1 unspecified atom stereocenters. The van der Waals surface area contributed by atoms with Crippen LogP contribution < -0.4 is 11.1 Å². The minimum Gasteiger partial charge on any atom is -0.382 e. The van der Waals surface area contributed by atoms with Gasteiger partial charge in [0.15, 0.2) is 0 Å². The fourth-order valence-electron chi connectivity index (χ4n) is 1.53. The van der Waals surface area contributed by atoms with E-state index >= 15 is 0 Å². The molecule has 0 fully saturated rings. The lowest BCUT2D eigenvalue weighted by Gasteiger charge is -2.28. The Morgan fingerprint density at radius 2 is 2.00 bits per heavy atom. The molecule has 96 valence electrons. The third kappa shape index (κ3) is 4.92. The number of hydrogen-bond donors (Lipinski definition) is 2. The zero-order chi connectivity index (χ0) is 12.6. The topological polar surface area (TPSA) is 67.6 Å². The Bertz CT molecular complexity index is 207. The number of hydrogen-bond acceptors (Lipinski definition) is 4. The Labute approximate surface area is 98.3 Å². The Kier molecular flexibility index (Phi) is 7.29. The van der Waals surface area contributed by atoms with Crippen LogP contribution in [0.2, 0.25) is 0 Å². The van der Waals surface area contributed by atoms with Gasteiger partial charge >= 0.3 is 0 Å².